The summed E-state index contributed by atoms with van der Waals surface area (Å²) >= 11 is 17.8. The highest BCUT2D eigenvalue weighted by Crippen LogP contribution is 2.37. The van der Waals surface area contributed by atoms with E-state index in [1.54, 1.807) is 6.07 Å². The van der Waals surface area contributed by atoms with Crippen molar-refractivity contribution in [2.24, 2.45) is 0 Å². The maximum absolute atomic E-state index is 13.5. The zero-order chi connectivity index (χ0) is 14.9. The van der Waals surface area contributed by atoms with Crippen LogP contribution in [-0.4, -0.2) is 16.1 Å². The van der Waals surface area contributed by atoms with Crippen molar-refractivity contribution in [1.82, 2.24) is 4.98 Å². The lowest BCUT2D eigenvalue weighted by molar-refractivity contribution is -0.136. The summed E-state index contributed by atoms with van der Waals surface area (Å²) in [5.41, 5.74) is 0.860. The van der Waals surface area contributed by atoms with Crippen LogP contribution in [0.2, 0.25) is 15.1 Å². The Bertz CT molecular complexity index is 692. The van der Waals surface area contributed by atoms with Crippen LogP contribution < -0.4 is 0 Å². The van der Waals surface area contributed by atoms with Crippen molar-refractivity contribution >= 4 is 40.8 Å². The van der Waals surface area contributed by atoms with E-state index in [4.69, 9.17) is 39.9 Å². The second kappa shape index (κ2) is 5.95. The molecule has 1 N–H and O–H groups in total. The standard InChI is InChI=1S/C13H7Cl3FNO2/c14-8-2-1-7(12(15)13(8)16)9-3-6(5-11(19)20)4-10(17)18-9/h1-4H,5H2,(H,19,20). The minimum absolute atomic E-state index is 0.136. The summed E-state index contributed by atoms with van der Waals surface area (Å²) in [5, 5.41) is 9.29. The molecule has 7 heteroatoms. The zero-order valence-corrected chi connectivity index (χ0v) is 12.1. The van der Waals surface area contributed by atoms with Gasteiger partial charge in [0.2, 0.25) is 5.95 Å². The van der Waals surface area contributed by atoms with Crippen LogP contribution in [0, 0.1) is 5.95 Å². The molecule has 0 spiro atoms. The van der Waals surface area contributed by atoms with E-state index in [2.05, 4.69) is 4.98 Å². The fourth-order valence-electron chi connectivity index (χ4n) is 1.69. The van der Waals surface area contributed by atoms with E-state index in [0.29, 0.717) is 5.56 Å². The van der Waals surface area contributed by atoms with Gasteiger partial charge in [0, 0.05) is 5.56 Å². The average molecular weight is 335 g/mol. The number of nitrogens with zero attached hydrogens (tertiary/aromatic N) is 1. The van der Waals surface area contributed by atoms with E-state index in [-0.39, 0.29) is 32.7 Å². The number of carboxylic acid groups (broad SMARTS) is 1. The Kier molecular flexibility index (Phi) is 4.48. The molecule has 1 aromatic heterocycles. The summed E-state index contributed by atoms with van der Waals surface area (Å²) in [5.74, 6) is -1.86. The third-order valence-corrected chi connectivity index (χ3v) is 3.81. The molecule has 0 saturated heterocycles. The Morgan fingerprint density at radius 2 is 1.90 bits per heavy atom. The second-order valence-electron chi connectivity index (χ2n) is 3.98. The molecule has 0 unspecified atom stereocenters. The van der Waals surface area contributed by atoms with Gasteiger partial charge in [-0.1, -0.05) is 34.8 Å². The highest BCUT2D eigenvalue weighted by Gasteiger charge is 2.14. The number of pyridine rings is 1. The first-order chi connectivity index (χ1) is 9.38. The van der Waals surface area contributed by atoms with Gasteiger partial charge in [0.25, 0.3) is 0 Å². The van der Waals surface area contributed by atoms with Crippen LogP contribution >= 0.6 is 34.8 Å². The molecule has 0 saturated carbocycles. The first-order valence-corrected chi connectivity index (χ1v) is 6.54. The van der Waals surface area contributed by atoms with Crippen molar-refractivity contribution < 1.29 is 14.3 Å². The second-order valence-corrected chi connectivity index (χ2v) is 5.14. The predicted octanol–water partition coefficient (Wildman–Crippen LogP) is 4.48. The molecule has 3 nitrogen and oxygen atoms in total. The fourth-order valence-corrected chi connectivity index (χ4v) is 2.32. The van der Waals surface area contributed by atoms with E-state index in [1.807, 2.05) is 0 Å². The lowest BCUT2D eigenvalue weighted by Gasteiger charge is -2.08. The number of rotatable bonds is 3. The summed E-state index contributed by atoms with van der Waals surface area (Å²) in [7, 11) is 0. The number of aromatic nitrogens is 1. The van der Waals surface area contributed by atoms with Crippen LogP contribution in [0.4, 0.5) is 4.39 Å². The Hall–Kier alpha value is -1.36. The van der Waals surface area contributed by atoms with E-state index in [0.717, 1.165) is 6.07 Å². The molecule has 0 aliphatic carbocycles. The fraction of sp³-hybridized carbons (Fsp3) is 0.0769. The topological polar surface area (TPSA) is 50.2 Å². The van der Waals surface area contributed by atoms with Crippen molar-refractivity contribution in [3.8, 4) is 11.3 Å². The number of hydrogen-bond acceptors (Lipinski definition) is 2. The highest BCUT2D eigenvalue weighted by atomic mass is 35.5. The average Bonchev–Trinajstić information content (AvgIpc) is 2.34. The summed E-state index contributed by atoms with van der Waals surface area (Å²) in [6.45, 7) is 0. The summed E-state index contributed by atoms with van der Waals surface area (Å²) < 4.78 is 13.5. The smallest absolute Gasteiger partial charge is 0.307 e. The number of benzene rings is 1. The van der Waals surface area contributed by atoms with Gasteiger partial charge in [-0.3, -0.25) is 4.79 Å². The Morgan fingerprint density at radius 3 is 2.55 bits per heavy atom. The quantitative estimate of drug-likeness (QED) is 0.665. The van der Waals surface area contributed by atoms with Gasteiger partial charge < -0.3 is 5.11 Å². The molecule has 20 heavy (non-hydrogen) atoms. The van der Waals surface area contributed by atoms with Crippen molar-refractivity contribution in [2.45, 2.75) is 6.42 Å². The lowest BCUT2D eigenvalue weighted by Crippen LogP contribution is -2.02. The largest absolute Gasteiger partial charge is 0.481 e. The van der Waals surface area contributed by atoms with Crippen LogP contribution in [0.1, 0.15) is 5.56 Å². The van der Waals surface area contributed by atoms with Crippen LogP contribution in [0.3, 0.4) is 0 Å². The van der Waals surface area contributed by atoms with Gasteiger partial charge in [0.15, 0.2) is 0 Å². The molecule has 0 amide bonds. The van der Waals surface area contributed by atoms with Crippen molar-refractivity contribution in [1.29, 1.82) is 0 Å². The van der Waals surface area contributed by atoms with Gasteiger partial charge in [-0.15, -0.1) is 0 Å². The molecule has 0 bridgehead atoms. The number of halogens is 4. The first-order valence-electron chi connectivity index (χ1n) is 5.40. The van der Waals surface area contributed by atoms with Gasteiger partial charge in [0.1, 0.15) is 0 Å². The van der Waals surface area contributed by atoms with Gasteiger partial charge in [-0.2, -0.15) is 4.39 Å². The third kappa shape index (κ3) is 3.20. The number of aliphatic carboxylic acids is 1. The molecule has 1 heterocycles. The van der Waals surface area contributed by atoms with Crippen LogP contribution in [0.5, 0.6) is 0 Å². The maximum atomic E-state index is 13.5. The van der Waals surface area contributed by atoms with Crippen LogP contribution in [0.15, 0.2) is 24.3 Å². The maximum Gasteiger partial charge on any atom is 0.307 e. The van der Waals surface area contributed by atoms with Crippen molar-refractivity contribution in [3.63, 3.8) is 0 Å². The molecule has 0 radical (unpaired) electrons. The predicted molar refractivity (Wildman–Crippen MR) is 76.0 cm³/mol. The summed E-state index contributed by atoms with van der Waals surface area (Å²) in [6, 6.07) is 5.56. The molecule has 0 aliphatic rings. The number of carboxylic acids is 1. The Balaban J connectivity index is 2.55. The van der Waals surface area contributed by atoms with Crippen molar-refractivity contribution in [2.75, 3.05) is 0 Å². The molecule has 0 aliphatic heterocycles. The molecule has 0 atom stereocenters. The molecule has 2 aromatic rings. The van der Waals surface area contributed by atoms with E-state index in [1.165, 1.54) is 12.1 Å². The summed E-state index contributed by atoms with van der Waals surface area (Å²) in [6.07, 6.45) is -0.314. The molecular formula is C13H7Cl3FNO2. The third-order valence-electron chi connectivity index (χ3n) is 2.52. The van der Waals surface area contributed by atoms with Crippen LogP contribution in [0.25, 0.3) is 11.3 Å². The van der Waals surface area contributed by atoms with E-state index in [9.17, 15) is 9.18 Å². The first kappa shape index (κ1) is 15.0. The number of hydrogen-bond donors (Lipinski definition) is 1. The molecule has 0 fully saturated rings. The van der Waals surface area contributed by atoms with Gasteiger partial charge in [0.05, 0.1) is 27.2 Å². The molecule has 2 rings (SSSR count). The van der Waals surface area contributed by atoms with Crippen LogP contribution in [-0.2, 0) is 11.2 Å². The normalized spacial score (nSPS) is 10.6. The molecule has 1 aromatic carbocycles. The highest BCUT2D eigenvalue weighted by molar-refractivity contribution is 6.49. The molecular weight excluding hydrogens is 328 g/mol. The zero-order valence-electron chi connectivity index (χ0n) is 9.83. The Morgan fingerprint density at radius 1 is 1.20 bits per heavy atom. The van der Waals surface area contributed by atoms with E-state index >= 15 is 0 Å². The number of carbonyl (C=O) groups is 1. The van der Waals surface area contributed by atoms with Gasteiger partial charge in [-0.05, 0) is 29.8 Å². The van der Waals surface area contributed by atoms with Gasteiger partial charge >= 0.3 is 5.97 Å². The van der Waals surface area contributed by atoms with E-state index < -0.39 is 11.9 Å². The summed E-state index contributed by atoms with van der Waals surface area (Å²) in [4.78, 5) is 14.4. The Labute approximate surface area is 128 Å². The van der Waals surface area contributed by atoms with Crippen molar-refractivity contribution in [3.05, 3.63) is 50.8 Å². The minimum Gasteiger partial charge on any atom is -0.481 e. The SMILES string of the molecule is O=C(O)Cc1cc(F)nc(-c2ccc(Cl)c(Cl)c2Cl)c1. The lowest BCUT2D eigenvalue weighted by atomic mass is 10.1. The van der Waals surface area contributed by atoms with Gasteiger partial charge in [-0.25, -0.2) is 4.98 Å². The molecule has 104 valence electrons. The minimum atomic E-state index is -1.07. The monoisotopic (exact) mass is 333 g/mol.